The minimum absolute atomic E-state index is 0.0671. The topological polar surface area (TPSA) is 51.8 Å². The molecule has 1 atom stereocenters. The lowest BCUT2D eigenvalue weighted by atomic mass is 10.0. The lowest BCUT2D eigenvalue weighted by Crippen LogP contribution is -2.32. The van der Waals surface area contributed by atoms with Crippen molar-refractivity contribution in [2.24, 2.45) is 0 Å². The highest BCUT2D eigenvalue weighted by atomic mass is 32.1. The van der Waals surface area contributed by atoms with Crippen LogP contribution in [0.4, 0.5) is 5.69 Å². The Morgan fingerprint density at radius 2 is 1.69 bits per heavy atom. The second-order valence-corrected chi connectivity index (χ2v) is 6.04. The summed E-state index contributed by atoms with van der Waals surface area (Å²) in [5.41, 5.74) is 1.99. The molecule has 6 heteroatoms. The van der Waals surface area contributed by atoms with E-state index in [0.717, 1.165) is 23.4 Å². The quantitative estimate of drug-likeness (QED) is 0.662. The normalized spacial score (nSPS) is 11.4. The van der Waals surface area contributed by atoms with Crippen LogP contribution in [0.3, 0.4) is 0 Å². The summed E-state index contributed by atoms with van der Waals surface area (Å²) in [4.78, 5) is 0. The van der Waals surface area contributed by atoms with Crippen LogP contribution in [0.25, 0.3) is 0 Å². The third kappa shape index (κ3) is 5.26. The summed E-state index contributed by atoms with van der Waals surface area (Å²) in [5, 5.41) is 7.12. The van der Waals surface area contributed by atoms with Gasteiger partial charge in [0.2, 0.25) is 0 Å². The van der Waals surface area contributed by atoms with Crippen LogP contribution < -0.4 is 24.8 Å². The van der Waals surface area contributed by atoms with Gasteiger partial charge >= 0.3 is 0 Å². The number of benzene rings is 2. The molecule has 0 saturated heterocycles. The average Bonchev–Trinajstić information content (AvgIpc) is 2.67. The van der Waals surface area contributed by atoms with E-state index in [1.165, 1.54) is 0 Å². The standard InChI is InChI=1S/C20H26N2O3S/c1-5-17(14-7-12-18(23-3)19(13-14)24-4)22-20(26)21-15-8-10-16(11-9-15)25-6-2/h7-13,17H,5-6H2,1-4H3,(H2,21,22,26)/t17-/m0/s1. The van der Waals surface area contributed by atoms with Crippen LogP contribution in [0, 0.1) is 0 Å². The zero-order valence-corrected chi connectivity index (χ0v) is 16.5. The summed E-state index contributed by atoms with van der Waals surface area (Å²) in [6, 6.07) is 13.7. The Bertz CT molecular complexity index is 719. The van der Waals surface area contributed by atoms with Crippen molar-refractivity contribution in [2.75, 3.05) is 26.1 Å². The van der Waals surface area contributed by atoms with Gasteiger partial charge in [0.15, 0.2) is 16.6 Å². The molecule has 0 amide bonds. The highest BCUT2D eigenvalue weighted by Crippen LogP contribution is 2.30. The van der Waals surface area contributed by atoms with Crippen molar-refractivity contribution < 1.29 is 14.2 Å². The van der Waals surface area contributed by atoms with Crippen molar-refractivity contribution in [3.63, 3.8) is 0 Å². The van der Waals surface area contributed by atoms with E-state index in [-0.39, 0.29) is 6.04 Å². The van der Waals surface area contributed by atoms with Gasteiger partial charge in [-0.3, -0.25) is 0 Å². The first-order chi connectivity index (χ1) is 12.6. The fourth-order valence-corrected chi connectivity index (χ4v) is 2.88. The molecule has 2 rings (SSSR count). The lowest BCUT2D eigenvalue weighted by molar-refractivity contribution is 0.340. The van der Waals surface area contributed by atoms with Crippen molar-refractivity contribution in [1.82, 2.24) is 5.32 Å². The van der Waals surface area contributed by atoms with Gasteiger partial charge in [-0.25, -0.2) is 0 Å². The van der Waals surface area contributed by atoms with E-state index in [0.29, 0.717) is 23.2 Å². The van der Waals surface area contributed by atoms with Gasteiger partial charge in [-0.1, -0.05) is 13.0 Å². The molecule has 0 saturated carbocycles. The van der Waals surface area contributed by atoms with Gasteiger partial charge < -0.3 is 24.8 Å². The zero-order valence-electron chi connectivity index (χ0n) is 15.7. The molecule has 0 bridgehead atoms. The van der Waals surface area contributed by atoms with E-state index in [1.54, 1.807) is 14.2 Å². The maximum atomic E-state index is 5.46. The van der Waals surface area contributed by atoms with Gasteiger partial charge in [0.05, 0.1) is 26.9 Å². The first-order valence-corrected chi connectivity index (χ1v) is 9.04. The number of ether oxygens (including phenoxy) is 3. The van der Waals surface area contributed by atoms with Crippen LogP contribution in [0.2, 0.25) is 0 Å². The highest BCUT2D eigenvalue weighted by Gasteiger charge is 2.14. The minimum Gasteiger partial charge on any atom is -0.494 e. The monoisotopic (exact) mass is 374 g/mol. The molecule has 0 aliphatic heterocycles. The number of hydrogen-bond donors (Lipinski definition) is 2. The van der Waals surface area contributed by atoms with Gasteiger partial charge in [0.1, 0.15) is 5.75 Å². The van der Waals surface area contributed by atoms with Crippen LogP contribution in [0.5, 0.6) is 17.2 Å². The number of rotatable bonds is 8. The van der Waals surface area contributed by atoms with Crippen molar-refractivity contribution in [1.29, 1.82) is 0 Å². The Kier molecular flexibility index (Phi) is 7.53. The summed E-state index contributed by atoms with van der Waals surface area (Å²) in [6.45, 7) is 4.72. The van der Waals surface area contributed by atoms with E-state index in [9.17, 15) is 0 Å². The molecule has 0 spiro atoms. The molecule has 2 N–H and O–H groups in total. The van der Waals surface area contributed by atoms with Gasteiger partial charge in [-0.05, 0) is 67.5 Å². The number of nitrogens with one attached hydrogen (secondary N) is 2. The molecule has 0 aromatic heterocycles. The molecular formula is C20H26N2O3S. The molecule has 0 aliphatic rings. The second-order valence-electron chi connectivity index (χ2n) is 5.63. The Morgan fingerprint density at radius 1 is 1.00 bits per heavy atom. The zero-order chi connectivity index (χ0) is 18.9. The Hall–Kier alpha value is -2.47. The molecule has 0 unspecified atom stereocenters. The van der Waals surface area contributed by atoms with E-state index in [2.05, 4.69) is 17.6 Å². The summed E-state index contributed by atoms with van der Waals surface area (Å²) in [5.74, 6) is 2.26. The Labute approximate surface area is 160 Å². The number of thiocarbonyl (C=S) groups is 1. The predicted molar refractivity (Wildman–Crippen MR) is 110 cm³/mol. The van der Waals surface area contributed by atoms with Crippen LogP contribution in [-0.2, 0) is 0 Å². The molecule has 26 heavy (non-hydrogen) atoms. The average molecular weight is 375 g/mol. The highest BCUT2D eigenvalue weighted by molar-refractivity contribution is 7.80. The van der Waals surface area contributed by atoms with Crippen LogP contribution in [-0.4, -0.2) is 25.9 Å². The van der Waals surface area contributed by atoms with Crippen LogP contribution in [0.1, 0.15) is 31.9 Å². The van der Waals surface area contributed by atoms with Crippen molar-refractivity contribution in [3.8, 4) is 17.2 Å². The third-order valence-electron chi connectivity index (χ3n) is 3.95. The van der Waals surface area contributed by atoms with E-state index < -0.39 is 0 Å². The lowest BCUT2D eigenvalue weighted by Gasteiger charge is -2.21. The summed E-state index contributed by atoms with van der Waals surface area (Å²) >= 11 is 5.46. The molecule has 140 valence electrons. The summed E-state index contributed by atoms with van der Waals surface area (Å²) < 4.78 is 16.1. The van der Waals surface area contributed by atoms with Gasteiger partial charge in [-0.15, -0.1) is 0 Å². The minimum atomic E-state index is 0.0671. The summed E-state index contributed by atoms with van der Waals surface area (Å²) in [6.07, 6.45) is 0.876. The number of methoxy groups -OCH3 is 2. The van der Waals surface area contributed by atoms with Crippen LogP contribution in [0.15, 0.2) is 42.5 Å². The van der Waals surface area contributed by atoms with Crippen LogP contribution >= 0.6 is 12.2 Å². The summed E-state index contributed by atoms with van der Waals surface area (Å²) in [7, 11) is 3.26. The molecular weight excluding hydrogens is 348 g/mol. The van der Waals surface area contributed by atoms with Crippen molar-refractivity contribution >= 4 is 23.0 Å². The van der Waals surface area contributed by atoms with Gasteiger partial charge in [-0.2, -0.15) is 0 Å². The fraction of sp³-hybridized carbons (Fsp3) is 0.350. The maximum Gasteiger partial charge on any atom is 0.171 e. The van der Waals surface area contributed by atoms with E-state index in [4.69, 9.17) is 26.4 Å². The molecule has 0 fully saturated rings. The maximum absolute atomic E-state index is 5.46. The molecule has 0 heterocycles. The smallest absolute Gasteiger partial charge is 0.171 e. The first kappa shape index (κ1) is 19.8. The van der Waals surface area contributed by atoms with Gasteiger partial charge in [0.25, 0.3) is 0 Å². The Morgan fingerprint density at radius 3 is 2.27 bits per heavy atom. The van der Waals surface area contributed by atoms with Crippen molar-refractivity contribution in [2.45, 2.75) is 26.3 Å². The fourth-order valence-electron chi connectivity index (χ4n) is 2.62. The second kappa shape index (κ2) is 9.87. The molecule has 2 aromatic carbocycles. The molecule has 2 aromatic rings. The molecule has 0 radical (unpaired) electrons. The predicted octanol–water partition coefficient (Wildman–Crippen LogP) is 4.54. The third-order valence-corrected chi connectivity index (χ3v) is 4.17. The van der Waals surface area contributed by atoms with Gasteiger partial charge in [0, 0.05) is 5.69 Å². The SMILES string of the molecule is CCOc1ccc(NC(=S)N[C@@H](CC)c2ccc(OC)c(OC)c2)cc1. The number of hydrogen-bond acceptors (Lipinski definition) is 4. The molecule has 0 aliphatic carbocycles. The molecule has 5 nitrogen and oxygen atoms in total. The van der Waals surface area contributed by atoms with E-state index in [1.807, 2.05) is 49.4 Å². The van der Waals surface area contributed by atoms with E-state index >= 15 is 0 Å². The van der Waals surface area contributed by atoms with Crippen molar-refractivity contribution in [3.05, 3.63) is 48.0 Å². The number of anilines is 1. The largest absolute Gasteiger partial charge is 0.494 e. The Balaban J connectivity index is 2.03. The first-order valence-electron chi connectivity index (χ1n) is 8.63.